The molecule has 3 amide bonds. The molecule has 1 aromatic rings. The molecular formula is C11H15N3O5S. The summed E-state index contributed by atoms with van der Waals surface area (Å²) in [6, 6.07) is 3.27. The SMILES string of the molecule is Cc1ccc(OC(C)C(=O)NC(N)=O)c(S(N)(=O)=O)c1. The summed E-state index contributed by atoms with van der Waals surface area (Å²) in [5.74, 6) is -0.872. The fourth-order valence-corrected chi connectivity index (χ4v) is 2.15. The molecule has 0 bridgehead atoms. The first kappa shape index (κ1) is 15.9. The summed E-state index contributed by atoms with van der Waals surface area (Å²) in [5.41, 5.74) is 5.46. The van der Waals surface area contributed by atoms with E-state index >= 15 is 0 Å². The number of urea groups is 1. The lowest BCUT2D eigenvalue weighted by atomic mass is 10.2. The monoisotopic (exact) mass is 301 g/mol. The van der Waals surface area contributed by atoms with E-state index in [2.05, 4.69) is 0 Å². The Kier molecular flexibility index (Phi) is 4.69. The Morgan fingerprint density at radius 2 is 1.95 bits per heavy atom. The molecule has 1 rings (SSSR count). The van der Waals surface area contributed by atoms with Crippen molar-refractivity contribution in [3.8, 4) is 5.75 Å². The van der Waals surface area contributed by atoms with Crippen LogP contribution >= 0.6 is 0 Å². The molecular weight excluding hydrogens is 286 g/mol. The molecule has 0 radical (unpaired) electrons. The van der Waals surface area contributed by atoms with Crippen molar-refractivity contribution in [1.29, 1.82) is 0 Å². The Morgan fingerprint density at radius 3 is 2.45 bits per heavy atom. The second kappa shape index (κ2) is 5.88. The van der Waals surface area contributed by atoms with Crippen LogP contribution in [0.3, 0.4) is 0 Å². The Balaban J connectivity index is 3.04. The molecule has 0 saturated carbocycles. The molecule has 0 aliphatic heterocycles. The highest BCUT2D eigenvalue weighted by Crippen LogP contribution is 2.24. The summed E-state index contributed by atoms with van der Waals surface area (Å²) >= 11 is 0. The predicted octanol–water partition coefficient (Wildman–Crippen LogP) is -0.395. The number of primary amides is 1. The zero-order chi connectivity index (χ0) is 15.5. The lowest BCUT2D eigenvalue weighted by molar-refractivity contribution is -0.126. The van der Waals surface area contributed by atoms with Crippen LogP contribution in [-0.4, -0.2) is 26.5 Å². The van der Waals surface area contributed by atoms with Crippen molar-refractivity contribution in [2.45, 2.75) is 24.8 Å². The van der Waals surface area contributed by atoms with Gasteiger partial charge in [-0.3, -0.25) is 10.1 Å². The molecule has 8 nitrogen and oxygen atoms in total. The quantitative estimate of drug-likeness (QED) is 0.694. The molecule has 1 unspecified atom stereocenters. The van der Waals surface area contributed by atoms with Crippen LogP contribution in [-0.2, 0) is 14.8 Å². The van der Waals surface area contributed by atoms with Crippen molar-refractivity contribution in [1.82, 2.24) is 5.32 Å². The number of rotatable bonds is 4. The van der Waals surface area contributed by atoms with Gasteiger partial charge in [0, 0.05) is 0 Å². The van der Waals surface area contributed by atoms with Gasteiger partial charge in [-0.15, -0.1) is 0 Å². The van der Waals surface area contributed by atoms with Gasteiger partial charge in [-0.25, -0.2) is 18.4 Å². The minimum Gasteiger partial charge on any atom is -0.479 e. The third-order valence-electron chi connectivity index (χ3n) is 2.33. The second-order valence-electron chi connectivity index (χ2n) is 4.11. The molecule has 0 aliphatic carbocycles. The van der Waals surface area contributed by atoms with E-state index in [-0.39, 0.29) is 10.6 Å². The largest absolute Gasteiger partial charge is 0.479 e. The predicted molar refractivity (Wildman–Crippen MR) is 70.4 cm³/mol. The van der Waals surface area contributed by atoms with Gasteiger partial charge in [0.2, 0.25) is 10.0 Å². The van der Waals surface area contributed by atoms with Gasteiger partial charge in [-0.1, -0.05) is 6.07 Å². The number of nitrogens with two attached hydrogens (primary N) is 2. The smallest absolute Gasteiger partial charge is 0.318 e. The molecule has 0 fully saturated rings. The van der Waals surface area contributed by atoms with Crippen LogP contribution in [0.15, 0.2) is 23.1 Å². The van der Waals surface area contributed by atoms with E-state index in [4.69, 9.17) is 15.6 Å². The highest BCUT2D eigenvalue weighted by molar-refractivity contribution is 7.89. The summed E-state index contributed by atoms with van der Waals surface area (Å²) in [7, 11) is -4.00. The number of carbonyl (C=O) groups excluding carboxylic acids is 2. The van der Waals surface area contributed by atoms with Crippen LogP contribution < -0.4 is 20.9 Å². The number of imide groups is 1. The number of aryl methyl sites for hydroxylation is 1. The van der Waals surface area contributed by atoms with Gasteiger partial charge in [0.15, 0.2) is 6.10 Å². The molecule has 0 spiro atoms. The van der Waals surface area contributed by atoms with Gasteiger partial charge in [0.25, 0.3) is 5.91 Å². The Hall–Kier alpha value is -2.13. The minimum atomic E-state index is -4.00. The first-order valence-corrected chi connectivity index (χ1v) is 7.06. The Labute approximate surface area is 116 Å². The average molecular weight is 301 g/mol. The molecule has 20 heavy (non-hydrogen) atoms. The maximum absolute atomic E-state index is 11.5. The first-order valence-electron chi connectivity index (χ1n) is 5.51. The Morgan fingerprint density at radius 1 is 1.35 bits per heavy atom. The third kappa shape index (κ3) is 4.21. The lowest BCUT2D eigenvalue weighted by Crippen LogP contribution is -2.42. The van der Waals surface area contributed by atoms with Crippen LogP contribution in [0.25, 0.3) is 0 Å². The molecule has 0 heterocycles. The fraction of sp³-hybridized carbons (Fsp3) is 0.273. The van der Waals surface area contributed by atoms with E-state index in [1.54, 1.807) is 13.0 Å². The van der Waals surface area contributed by atoms with Crippen molar-refractivity contribution in [2.75, 3.05) is 0 Å². The summed E-state index contributed by atoms with van der Waals surface area (Å²) in [4.78, 5) is 21.8. The molecule has 110 valence electrons. The van der Waals surface area contributed by atoms with Gasteiger partial charge >= 0.3 is 6.03 Å². The van der Waals surface area contributed by atoms with Gasteiger partial charge in [0.05, 0.1) is 0 Å². The van der Waals surface area contributed by atoms with Gasteiger partial charge < -0.3 is 10.5 Å². The maximum Gasteiger partial charge on any atom is 0.318 e. The number of primary sulfonamides is 1. The van der Waals surface area contributed by atoms with Crippen LogP contribution in [0.4, 0.5) is 4.79 Å². The number of sulfonamides is 1. The molecule has 5 N–H and O–H groups in total. The standard InChI is InChI=1S/C11H15N3O5S/c1-6-3-4-8(9(5-6)20(13,17)18)19-7(2)10(15)14-11(12)16/h3-5,7H,1-2H3,(H2,13,17,18)(H3,12,14,15,16). The first-order chi connectivity index (χ1) is 9.11. The fourth-order valence-electron chi connectivity index (χ4n) is 1.40. The normalized spacial score (nSPS) is 12.6. The van der Waals surface area contributed by atoms with Crippen molar-refractivity contribution in [3.63, 3.8) is 0 Å². The van der Waals surface area contributed by atoms with Gasteiger partial charge in [0.1, 0.15) is 10.6 Å². The van der Waals surface area contributed by atoms with Crippen LogP contribution in [0.1, 0.15) is 12.5 Å². The molecule has 1 aromatic carbocycles. The molecule has 1 atom stereocenters. The van der Waals surface area contributed by atoms with E-state index in [1.165, 1.54) is 19.1 Å². The van der Waals surface area contributed by atoms with Crippen LogP contribution in [0.5, 0.6) is 5.75 Å². The highest BCUT2D eigenvalue weighted by atomic mass is 32.2. The van der Waals surface area contributed by atoms with E-state index in [1.807, 2.05) is 5.32 Å². The average Bonchev–Trinajstić information content (AvgIpc) is 2.29. The number of hydrogen-bond donors (Lipinski definition) is 3. The Bertz CT molecular complexity index is 641. The van der Waals surface area contributed by atoms with Crippen molar-refractivity contribution >= 4 is 22.0 Å². The third-order valence-corrected chi connectivity index (χ3v) is 3.26. The number of nitrogens with one attached hydrogen (secondary N) is 1. The van der Waals surface area contributed by atoms with Crippen molar-refractivity contribution < 1.29 is 22.7 Å². The van der Waals surface area contributed by atoms with Gasteiger partial charge in [-0.05, 0) is 31.5 Å². The van der Waals surface area contributed by atoms with E-state index in [9.17, 15) is 18.0 Å². The number of hydrogen-bond acceptors (Lipinski definition) is 5. The van der Waals surface area contributed by atoms with Crippen LogP contribution in [0, 0.1) is 6.92 Å². The highest BCUT2D eigenvalue weighted by Gasteiger charge is 2.21. The number of ether oxygens (including phenoxy) is 1. The minimum absolute atomic E-state index is 0.0785. The number of amides is 3. The second-order valence-corrected chi connectivity index (χ2v) is 5.64. The van der Waals surface area contributed by atoms with E-state index < -0.39 is 28.1 Å². The lowest BCUT2D eigenvalue weighted by Gasteiger charge is -2.16. The maximum atomic E-state index is 11.5. The van der Waals surface area contributed by atoms with Crippen molar-refractivity contribution in [3.05, 3.63) is 23.8 Å². The molecule has 0 aromatic heterocycles. The zero-order valence-electron chi connectivity index (χ0n) is 10.9. The molecule has 9 heteroatoms. The van der Waals surface area contributed by atoms with Crippen LogP contribution in [0.2, 0.25) is 0 Å². The molecule has 0 aliphatic rings. The molecule has 0 saturated heterocycles. The topological polar surface area (TPSA) is 142 Å². The summed E-state index contributed by atoms with van der Waals surface area (Å²) in [6.07, 6.45) is -1.12. The number of benzene rings is 1. The van der Waals surface area contributed by atoms with Crippen molar-refractivity contribution in [2.24, 2.45) is 10.9 Å². The summed E-state index contributed by atoms with van der Waals surface area (Å²) < 4.78 is 28.1. The summed E-state index contributed by atoms with van der Waals surface area (Å²) in [6.45, 7) is 3.02. The van der Waals surface area contributed by atoms with E-state index in [0.717, 1.165) is 0 Å². The zero-order valence-corrected chi connectivity index (χ0v) is 11.7. The van der Waals surface area contributed by atoms with Gasteiger partial charge in [-0.2, -0.15) is 0 Å². The summed E-state index contributed by atoms with van der Waals surface area (Å²) in [5, 5.41) is 6.90. The van der Waals surface area contributed by atoms with E-state index in [0.29, 0.717) is 5.56 Å². The number of carbonyl (C=O) groups is 2.